The molecule has 1 aliphatic heterocycles. The van der Waals surface area contributed by atoms with Crippen molar-refractivity contribution in [2.75, 3.05) is 24.5 Å². The maximum atomic E-state index is 12.4. The van der Waals surface area contributed by atoms with E-state index in [1.54, 1.807) is 11.0 Å². The van der Waals surface area contributed by atoms with Crippen LogP contribution in [0, 0.1) is 0 Å². The standard InChI is InChI=1S/C18H19Cl2N3O3/c1-12-9-22(18(25)3-2-17(24)16-10-26-11-21-16)4-5-23(12)15-7-13(19)6-14(20)8-15/h6-8,10-12H,2-5,9H2,1H3/t12-/m0/s1. The minimum absolute atomic E-state index is 0.0301. The molecule has 1 aromatic heterocycles. The molecule has 0 saturated carbocycles. The van der Waals surface area contributed by atoms with Crippen LogP contribution in [0.3, 0.4) is 0 Å². The smallest absolute Gasteiger partial charge is 0.223 e. The Hall–Kier alpha value is -2.05. The van der Waals surface area contributed by atoms with Crippen LogP contribution in [0.25, 0.3) is 0 Å². The van der Waals surface area contributed by atoms with Crippen molar-refractivity contribution in [1.82, 2.24) is 9.88 Å². The van der Waals surface area contributed by atoms with Crippen LogP contribution in [0.2, 0.25) is 10.0 Å². The molecule has 6 nitrogen and oxygen atoms in total. The van der Waals surface area contributed by atoms with Crippen LogP contribution >= 0.6 is 23.2 Å². The van der Waals surface area contributed by atoms with E-state index in [2.05, 4.69) is 16.8 Å². The number of aromatic nitrogens is 1. The Morgan fingerprint density at radius 2 is 1.92 bits per heavy atom. The molecule has 1 saturated heterocycles. The van der Waals surface area contributed by atoms with E-state index in [-0.39, 0.29) is 36.3 Å². The van der Waals surface area contributed by atoms with Crippen molar-refractivity contribution in [3.63, 3.8) is 0 Å². The first-order chi connectivity index (χ1) is 12.4. The lowest BCUT2D eigenvalue weighted by atomic mass is 10.1. The third kappa shape index (κ3) is 4.37. The third-order valence-corrected chi connectivity index (χ3v) is 4.88. The van der Waals surface area contributed by atoms with Gasteiger partial charge in [0, 0.05) is 54.3 Å². The van der Waals surface area contributed by atoms with Crippen LogP contribution in [-0.4, -0.2) is 47.3 Å². The summed E-state index contributed by atoms with van der Waals surface area (Å²) < 4.78 is 4.79. The van der Waals surface area contributed by atoms with E-state index in [0.29, 0.717) is 29.7 Å². The molecule has 1 aromatic carbocycles. The number of rotatable bonds is 5. The lowest BCUT2D eigenvalue weighted by Crippen LogP contribution is -2.53. The molecule has 0 radical (unpaired) electrons. The average Bonchev–Trinajstić information content (AvgIpc) is 3.13. The predicted octanol–water partition coefficient (Wildman–Crippen LogP) is 3.68. The van der Waals surface area contributed by atoms with Crippen molar-refractivity contribution in [1.29, 1.82) is 0 Å². The number of halogens is 2. The zero-order valence-electron chi connectivity index (χ0n) is 14.3. The number of oxazole rings is 1. The summed E-state index contributed by atoms with van der Waals surface area (Å²) >= 11 is 12.2. The fourth-order valence-corrected chi connectivity index (χ4v) is 3.64. The highest BCUT2D eigenvalue weighted by Crippen LogP contribution is 2.28. The summed E-state index contributed by atoms with van der Waals surface area (Å²) in [6.45, 7) is 3.90. The molecule has 0 bridgehead atoms. The molecule has 1 amide bonds. The highest BCUT2D eigenvalue weighted by molar-refractivity contribution is 6.35. The van der Waals surface area contributed by atoms with Gasteiger partial charge in [-0.2, -0.15) is 0 Å². The van der Waals surface area contributed by atoms with Gasteiger partial charge in [-0.25, -0.2) is 4.98 Å². The Kier molecular flexibility index (Phi) is 5.84. The molecule has 138 valence electrons. The zero-order chi connectivity index (χ0) is 18.7. The maximum absolute atomic E-state index is 12.4. The molecule has 0 N–H and O–H groups in total. The van der Waals surface area contributed by atoms with E-state index in [9.17, 15) is 9.59 Å². The Morgan fingerprint density at radius 3 is 2.54 bits per heavy atom. The summed E-state index contributed by atoms with van der Waals surface area (Å²) in [7, 11) is 0. The van der Waals surface area contributed by atoms with E-state index in [1.807, 2.05) is 12.1 Å². The summed E-state index contributed by atoms with van der Waals surface area (Å²) in [6, 6.07) is 5.56. The van der Waals surface area contributed by atoms with Gasteiger partial charge in [-0.3, -0.25) is 9.59 Å². The van der Waals surface area contributed by atoms with E-state index in [0.717, 1.165) is 5.69 Å². The third-order valence-electron chi connectivity index (χ3n) is 4.44. The van der Waals surface area contributed by atoms with Gasteiger partial charge >= 0.3 is 0 Å². The van der Waals surface area contributed by atoms with E-state index < -0.39 is 0 Å². The Balaban J connectivity index is 1.56. The molecule has 26 heavy (non-hydrogen) atoms. The minimum atomic E-state index is -0.188. The Morgan fingerprint density at radius 1 is 1.19 bits per heavy atom. The van der Waals surface area contributed by atoms with Gasteiger partial charge in [0.25, 0.3) is 0 Å². The van der Waals surface area contributed by atoms with Gasteiger partial charge in [0.15, 0.2) is 12.2 Å². The van der Waals surface area contributed by atoms with E-state index in [4.69, 9.17) is 27.6 Å². The van der Waals surface area contributed by atoms with Crippen molar-refractivity contribution < 1.29 is 14.0 Å². The summed E-state index contributed by atoms with van der Waals surface area (Å²) in [5.41, 5.74) is 1.21. The number of carbonyl (C=O) groups excluding carboxylic acids is 2. The second-order valence-corrected chi connectivity index (χ2v) is 7.18. The lowest BCUT2D eigenvalue weighted by molar-refractivity contribution is -0.131. The minimum Gasteiger partial charge on any atom is -0.451 e. The average molecular weight is 396 g/mol. The number of amides is 1. The van der Waals surface area contributed by atoms with Gasteiger partial charge in [-0.15, -0.1) is 0 Å². The lowest BCUT2D eigenvalue weighted by Gasteiger charge is -2.41. The van der Waals surface area contributed by atoms with Crippen LogP contribution in [0.15, 0.2) is 35.3 Å². The molecule has 1 aliphatic rings. The summed E-state index contributed by atoms with van der Waals surface area (Å²) in [5.74, 6) is -0.218. The highest BCUT2D eigenvalue weighted by Gasteiger charge is 2.27. The topological polar surface area (TPSA) is 66.7 Å². The van der Waals surface area contributed by atoms with Crippen molar-refractivity contribution >= 4 is 40.6 Å². The van der Waals surface area contributed by atoms with Gasteiger partial charge < -0.3 is 14.2 Å². The van der Waals surface area contributed by atoms with Crippen molar-refractivity contribution in [2.24, 2.45) is 0 Å². The SMILES string of the molecule is C[C@H]1CN(C(=O)CCC(=O)c2cocn2)CCN1c1cc(Cl)cc(Cl)c1. The summed E-state index contributed by atoms with van der Waals surface area (Å²) in [4.78, 5) is 32.2. The van der Waals surface area contributed by atoms with Crippen LogP contribution < -0.4 is 4.90 Å². The largest absolute Gasteiger partial charge is 0.451 e. The molecular weight excluding hydrogens is 377 g/mol. The summed E-state index contributed by atoms with van der Waals surface area (Å²) in [5, 5.41) is 1.18. The molecule has 1 atom stereocenters. The summed E-state index contributed by atoms with van der Waals surface area (Å²) in [6.07, 6.45) is 2.80. The second-order valence-electron chi connectivity index (χ2n) is 6.31. The first-order valence-electron chi connectivity index (χ1n) is 8.36. The number of ketones is 1. The molecule has 0 unspecified atom stereocenters. The van der Waals surface area contributed by atoms with Gasteiger partial charge in [-0.1, -0.05) is 23.2 Å². The first kappa shape index (κ1) is 18.7. The molecule has 2 aromatic rings. The number of carbonyl (C=O) groups is 2. The van der Waals surface area contributed by atoms with Crippen LogP contribution in [0.5, 0.6) is 0 Å². The number of Topliss-reactive ketones (excluding diaryl/α,β-unsaturated/α-hetero) is 1. The van der Waals surface area contributed by atoms with Crippen LogP contribution in [0.4, 0.5) is 5.69 Å². The Bertz CT molecular complexity index is 775. The molecule has 1 fully saturated rings. The zero-order valence-corrected chi connectivity index (χ0v) is 15.8. The molecule has 3 rings (SSSR count). The van der Waals surface area contributed by atoms with Gasteiger partial charge in [-0.05, 0) is 25.1 Å². The quantitative estimate of drug-likeness (QED) is 0.722. The van der Waals surface area contributed by atoms with Gasteiger partial charge in [0.05, 0.1) is 0 Å². The second kappa shape index (κ2) is 8.10. The predicted molar refractivity (Wildman–Crippen MR) is 99.9 cm³/mol. The molecule has 0 aliphatic carbocycles. The molecular formula is C18H19Cl2N3O3. The fourth-order valence-electron chi connectivity index (χ4n) is 3.13. The van der Waals surface area contributed by atoms with Crippen molar-refractivity contribution in [3.8, 4) is 0 Å². The van der Waals surface area contributed by atoms with Crippen LogP contribution in [-0.2, 0) is 4.79 Å². The van der Waals surface area contributed by atoms with E-state index in [1.165, 1.54) is 12.7 Å². The van der Waals surface area contributed by atoms with Crippen molar-refractivity contribution in [3.05, 3.63) is 46.6 Å². The van der Waals surface area contributed by atoms with Gasteiger partial charge in [0.1, 0.15) is 12.0 Å². The highest BCUT2D eigenvalue weighted by atomic mass is 35.5. The molecule has 2 heterocycles. The number of hydrogen-bond donors (Lipinski definition) is 0. The molecule has 0 spiro atoms. The number of hydrogen-bond acceptors (Lipinski definition) is 5. The Labute approximate surface area is 161 Å². The number of benzene rings is 1. The van der Waals surface area contributed by atoms with Crippen molar-refractivity contribution in [2.45, 2.75) is 25.8 Å². The molecule has 8 heteroatoms. The van der Waals surface area contributed by atoms with Gasteiger partial charge in [0.2, 0.25) is 5.91 Å². The maximum Gasteiger partial charge on any atom is 0.223 e. The van der Waals surface area contributed by atoms with E-state index >= 15 is 0 Å². The fraction of sp³-hybridized carbons (Fsp3) is 0.389. The monoisotopic (exact) mass is 395 g/mol. The first-order valence-corrected chi connectivity index (χ1v) is 9.11. The number of nitrogens with zero attached hydrogens (tertiary/aromatic N) is 3. The number of anilines is 1. The van der Waals surface area contributed by atoms with Crippen LogP contribution in [0.1, 0.15) is 30.3 Å². The normalized spacial score (nSPS) is 17.4. The number of piperazine rings is 1.